The van der Waals surface area contributed by atoms with E-state index in [-0.39, 0.29) is 45.7 Å². The maximum absolute atomic E-state index is 13.5. The van der Waals surface area contributed by atoms with Crippen molar-refractivity contribution in [2.75, 3.05) is 16.4 Å². The number of ketones is 2. The first kappa shape index (κ1) is 33.4. The summed E-state index contributed by atoms with van der Waals surface area (Å²) >= 11 is 13.6. The summed E-state index contributed by atoms with van der Waals surface area (Å²) in [6, 6.07) is 31.5. The third-order valence-electron chi connectivity index (χ3n) is 7.48. The number of amides is 3. The molecule has 0 fully saturated rings. The number of nitrogens with one attached hydrogen (secondary N) is 3. The fourth-order valence-corrected chi connectivity index (χ4v) is 6.38. The number of carbonyl (C=O) groups excluding carboxylic acids is 5. The Labute approximate surface area is 295 Å². The topological polar surface area (TPSA) is 121 Å². The number of anilines is 2. The Balaban J connectivity index is 1.15. The maximum atomic E-state index is 13.5. The predicted octanol–water partition coefficient (Wildman–Crippen LogP) is 7.91. The number of hydrogen-bond donors (Lipinski definition) is 3. The molecule has 0 aromatic heterocycles. The average molecular weight is 707 g/mol. The Morgan fingerprint density at radius 3 is 2.14 bits per heavy atom. The maximum Gasteiger partial charge on any atom is 0.272 e. The van der Waals surface area contributed by atoms with Crippen LogP contribution in [0.25, 0.3) is 6.08 Å². The van der Waals surface area contributed by atoms with Crippen molar-refractivity contribution in [3.05, 3.63) is 164 Å². The van der Waals surface area contributed by atoms with Crippen molar-refractivity contribution in [2.45, 2.75) is 4.90 Å². The van der Waals surface area contributed by atoms with E-state index in [0.717, 1.165) is 0 Å². The molecule has 6 rings (SSSR count). The molecule has 0 aliphatic heterocycles. The van der Waals surface area contributed by atoms with Gasteiger partial charge in [-0.2, -0.15) is 0 Å². The summed E-state index contributed by atoms with van der Waals surface area (Å²) < 4.78 is 0. The molecule has 0 saturated carbocycles. The van der Waals surface area contributed by atoms with Gasteiger partial charge in [0.05, 0.1) is 17.0 Å². The van der Waals surface area contributed by atoms with Gasteiger partial charge in [0.1, 0.15) is 5.70 Å². The van der Waals surface area contributed by atoms with E-state index in [9.17, 15) is 24.0 Å². The van der Waals surface area contributed by atoms with Crippen LogP contribution in [0.2, 0.25) is 10.0 Å². The molecule has 5 aromatic carbocycles. The molecule has 0 heterocycles. The molecule has 0 unspecified atom stereocenters. The van der Waals surface area contributed by atoms with Crippen molar-refractivity contribution in [2.24, 2.45) is 0 Å². The van der Waals surface area contributed by atoms with E-state index in [1.807, 2.05) is 0 Å². The summed E-state index contributed by atoms with van der Waals surface area (Å²) in [7, 11) is 0. The minimum atomic E-state index is -0.607. The second-order valence-corrected chi connectivity index (χ2v) is 12.7. The molecule has 0 radical (unpaired) electrons. The number of rotatable bonds is 9. The number of halogens is 2. The lowest BCUT2D eigenvalue weighted by Gasteiger charge is -2.20. The summed E-state index contributed by atoms with van der Waals surface area (Å²) in [5, 5.41) is 8.95. The monoisotopic (exact) mass is 705 g/mol. The van der Waals surface area contributed by atoms with Crippen molar-refractivity contribution in [1.82, 2.24) is 5.32 Å². The summed E-state index contributed by atoms with van der Waals surface area (Å²) in [6.45, 7) is 0. The first-order chi connectivity index (χ1) is 23.7. The standard InChI is InChI=1S/C38H25Cl2N3O5S/c39-24-17-16-23(30(40)19-24)18-32(43-37(47)22-8-2-1-3-9-22)38(48)41-25-10-6-11-26(20-25)49-21-33(44)42-31-15-7-14-29-34(31)36(46)28-13-5-4-12-27(28)35(29)45/h1-20H,21H2,(H,41,48)(H,42,44)(H,43,47)/b32-18+. The normalized spacial score (nSPS) is 12.1. The van der Waals surface area contributed by atoms with E-state index in [0.29, 0.717) is 42.9 Å². The Kier molecular flexibility index (Phi) is 10.1. The first-order valence-electron chi connectivity index (χ1n) is 14.9. The van der Waals surface area contributed by atoms with Crippen LogP contribution in [-0.2, 0) is 9.59 Å². The molecule has 3 amide bonds. The second-order valence-electron chi connectivity index (χ2n) is 10.8. The largest absolute Gasteiger partial charge is 0.325 e. The fraction of sp³-hybridized carbons (Fsp3) is 0.0263. The SMILES string of the molecule is O=C(CSc1cccc(NC(=O)/C(=C\c2ccc(Cl)cc2Cl)NC(=O)c2ccccc2)c1)Nc1cccc2c1C(=O)c1ccccc1C2=O. The third kappa shape index (κ3) is 7.65. The summed E-state index contributed by atoms with van der Waals surface area (Å²) in [5.41, 5.74) is 2.47. The Hall–Kier alpha value is -5.48. The Morgan fingerprint density at radius 1 is 0.694 bits per heavy atom. The van der Waals surface area contributed by atoms with Crippen molar-refractivity contribution >= 4 is 81.7 Å². The van der Waals surface area contributed by atoms with Crippen LogP contribution in [0.4, 0.5) is 11.4 Å². The van der Waals surface area contributed by atoms with E-state index in [1.165, 1.54) is 23.9 Å². The van der Waals surface area contributed by atoms with Crippen molar-refractivity contribution < 1.29 is 24.0 Å². The molecule has 5 aromatic rings. The quantitative estimate of drug-likeness (QED) is 0.104. The number of benzene rings is 5. The van der Waals surface area contributed by atoms with Gasteiger partial charge >= 0.3 is 0 Å². The lowest BCUT2D eigenvalue weighted by atomic mass is 9.83. The van der Waals surface area contributed by atoms with Gasteiger partial charge in [0.2, 0.25) is 5.91 Å². The van der Waals surface area contributed by atoms with Crippen LogP contribution in [0.15, 0.2) is 126 Å². The van der Waals surface area contributed by atoms with Crippen LogP contribution in [-0.4, -0.2) is 35.0 Å². The fourth-order valence-electron chi connectivity index (χ4n) is 5.16. The molecule has 242 valence electrons. The lowest BCUT2D eigenvalue weighted by molar-refractivity contribution is -0.114. The van der Waals surface area contributed by atoms with E-state index >= 15 is 0 Å². The summed E-state index contributed by atoms with van der Waals surface area (Å²) in [6.07, 6.45) is 1.46. The van der Waals surface area contributed by atoms with Crippen LogP contribution in [0.3, 0.4) is 0 Å². The zero-order valence-electron chi connectivity index (χ0n) is 25.5. The van der Waals surface area contributed by atoms with Crippen LogP contribution in [0.5, 0.6) is 0 Å². The average Bonchev–Trinajstić information content (AvgIpc) is 3.11. The molecule has 49 heavy (non-hydrogen) atoms. The van der Waals surface area contributed by atoms with Gasteiger partial charge in [0.25, 0.3) is 11.8 Å². The van der Waals surface area contributed by atoms with Crippen molar-refractivity contribution in [3.63, 3.8) is 0 Å². The highest BCUT2D eigenvalue weighted by Gasteiger charge is 2.31. The molecule has 1 aliphatic rings. The van der Waals surface area contributed by atoms with Crippen LogP contribution in [0.1, 0.15) is 47.8 Å². The van der Waals surface area contributed by atoms with Gasteiger partial charge in [0, 0.05) is 42.9 Å². The predicted molar refractivity (Wildman–Crippen MR) is 193 cm³/mol. The van der Waals surface area contributed by atoms with E-state index in [1.54, 1.807) is 109 Å². The van der Waals surface area contributed by atoms with Crippen LogP contribution < -0.4 is 16.0 Å². The van der Waals surface area contributed by atoms with E-state index < -0.39 is 11.8 Å². The highest BCUT2D eigenvalue weighted by molar-refractivity contribution is 8.00. The number of carbonyl (C=O) groups is 5. The van der Waals surface area contributed by atoms with Gasteiger partial charge < -0.3 is 16.0 Å². The Bertz CT molecular complexity index is 2190. The van der Waals surface area contributed by atoms with Gasteiger partial charge in [-0.3, -0.25) is 24.0 Å². The molecule has 0 saturated heterocycles. The van der Waals surface area contributed by atoms with Gasteiger partial charge in [-0.1, -0.05) is 89.9 Å². The molecule has 3 N–H and O–H groups in total. The van der Waals surface area contributed by atoms with Gasteiger partial charge in [-0.05, 0) is 60.2 Å². The molecule has 0 atom stereocenters. The minimum absolute atomic E-state index is 0.0207. The van der Waals surface area contributed by atoms with Crippen LogP contribution >= 0.6 is 35.0 Å². The molecule has 11 heteroatoms. The van der Waals surface area contributed by atoms with E-state index in [4.69, 9.17) is 23.2 Å². The smallest absolute Gasteiger partial charge is 0.272 e. The van der Waals surface area contributed by atoms with Crippen LogP contribution in [0, 0.1) is 0 Å². The second kappa shape index (κ2) is 14.7. The lowest BCUT2D eigenvalue weighted by Crippen LogP contribution is -2.30. The molecule has 8 nitrogen and oxygen atoms in total. The zero-order chi connectivity index (χ0) is 34.5. The Morgan fingerprint density at radius 2 is 1.39 bits per heavy atom. The summed E-state index contributed by atoms with van der Waals surface area (Å²) in [4.78, 5) is 66.5. The van der Waals surface area contributed by atoms with Gasteiger partial charge in [-0.25, -0.2) is 0 Å². The van der Waals surface area contributed by atoms with Gasteiger partial charge in [-0.15, -0.1) is 11.8 Å². The van der Waals surface area contributed by atoms with Gasteiger partial charge in [0.15, 0.2) is 11.6 Å². The summed E-state index contributed by atoms with van der Waals surface area (Å²) in [5.74, 6) is -2.11. The first-order valence-corrected chi connectivity index (χ1v) is 16.6. The van der Waals surface area contributed by atoms with Crippen molar-refractivity contribution in [3.8, 4) is 0 Å². The third-order valence-corrected chi connectivity index (χ3v) is 9.04. The molecule has 1 aliphatic carbocycles. The number of fused-ring (bicyclic) bond motifs is 2. The number of hydrogen-bond acceptors (Lipinski definition) is 6. The number of thioether (sulfide) groups is 1. The van der Waals surface area contributed by atoms with E-state index in [2.05, 4.69) is 16.0 Å². The molecular formula is C38H25Cl2N3O5S. The zero-order valence-corrected chi connectivity index (χ0v) is 27.8. The minimum Gasteiger partial charge on any atom is -0.325 e. The van der Waals surface area contributed by atoms with Crippen molar-refractivity contribution in [1.29, 1.82) is 0 Å². The highest BCUT2D eigenvalue weighted by atomic mass is 35.5. The highest BCUT2D eigenvalue weighted by Crippen LogP contribution is 2.32. The molecule has 0 bridgehead atoms. The molecular weight excluding hydrogens is 681 g/mol. The molecule has 0 spiro atoms.